The van der Waals surface area contributed by atoms with Crippen molar-refractivity contribution in [2.75, 3.05) is 7.11 Å². The Labute approximate surface area is 114 Å². The van der Waals surface area contributed by atoms with Gasteiger partial charge in [-0.2, -0.15) is 0 Å². The van der Waals surface area contributed by atoms with Crippen LogP contribution < -0.4 is 0 Å². The molecular weight excluding hydrogens is 275 g/mol. The average Bonchev–Trinajstić information content (AvgIpc) is 2.81. The van der Waals surface area contributed by atoms with Gasteiger partial charge < -0.3 is 9.72 Å². The monoisotopic (exact) mass is 284 g/mol. The van der Waals surface area contributed by atoms with Crippen LogP contribution in [0.5, 0.6) is 0 Å². The molecule has 0 unspecified atom stereocenters. The van der Waals surface area contributed by atoms with Crippen LogP contribution in [0, 0.1) is 0 Å². The lowest BCUT2D eigenvalue weighted by atomic mass is 10.1. The van der Waals surface area contributed by atoms with E-state index in [0.717, 1.165) is 5.56 Å². The second-order valence-corrected chi connectivity index (χ2v) is 4.49. The average molecular weight is 285 g/mol. The Morgan fingerprint density at radius 1 is 1.44 bits per heavy atom. The van der Waals surface area contributed by atoms with Crippen molar-refractivity contribution in [1.29, 1.82) is 0 Å². The van der Waals surface area contributed by atoms with Crippen molar-refractivity contribution >= 4 is 29.2 Å². The minimum absolute atomic E-state index is 0.311. The summed E-state index contributed by atoms with van der Waals surface area (Å²) < 4.78 is 4.59. The molecule has 0 aliphatic carbocycles. The first-order chi connectivity index (χ1) is 8.60. The van der Waals surface area contributed by atoms with Crippen LogP contribution in [0.1, 0.15) is 21.9 Å². The lowest BCUT2D eigenvalue weighted by Crippen LogP contribution is -2.01. The van der Waals surface area contributed by atoms with E-state index >= 15 is 0 Å². The summed E-state index contributed by atoms with van der Waals surface area (Å²) in [7, 11) is 1.32. The molecule has 0 spiro atoms. The first-order valence-corrected chi connectivity index (χ1v) is 5.92. The third-order valence-electron chi connectivity index (χ3n) is 2.40. The fourth-order valence-corrected chi connectivity index (χ4v) is 1.90. The third kappa shape index (κ3) is 2.83. The summed E-state index contributed by atoms with van der Waals surface area (Å²) in [4.78, 5) is 18.2. The van der Waals surface area contributed by atoms with Gasteiger partial charge in [0, 0.05) is 16.5 Å². The number of carbonyl (C=O) groups is 1. The van der Waals surface area contributed by atoms with Gasteiger partial charge in [-0.1, -0.05) is 23.2 Å². The maximum absolute atomic E-state index is 11.3. The van der Waals surface area contributed by atoms with Crippen LogP contribution in [0.15, 0.2) is 24.4 Å². The number of benzene rings is 1. The van der Waals surface area contributed by atoms with Crippen LogP contribution >= 0.6 is 23.2 Å². The molecule has 0 radical (unpaired) electrons. The van der Waals surface area contributed by atoms with E-state index in [2.05, 4.69) is 14.7 Å². The quantitative estimate of drug-likeness (QED) is 0.882. The molecule has 94 valence electrons. The van der Waals surface area contributed by atoms with Gasteiger partial charge in [-0.05, 0) is 23.8 Å². The van der Waals surface area contributed by atoms with E-state index in [-0.39, 0.29) is 0 Å². The highest BCUT2D eigenvalue weighted by atomic mass is 35.5. The maximum atomic E-state index is 11.3. The standard InChI is InChI=1S/C12H10Cl2N2O2/c1-18-12(17)10-6-15-11(16-10)5-7-4-8(13)2-3-9(7)14/h2-4,6H,5H2,1H3,(H,15,16). The fraction of sp³-hybridized carbons (Fsp3) is 0.167. The second-order valence-electron chi connectivity index (χ2n) is 3.65. The van der Waals surface area contributed by atoms with Crippen molar-refractivity contribution in [2.24, 2.45) is 0 Å². The van der Waals surface area contributed by atoms with Gasteiger partial charge in [0.05, 0.1) is 13.3 Å². The molecule has 2 aromatic rings. The van der Waals surface area contributed by atoms with Crippen LogP contribution in [0.2, 0.25) is 10.0 Å². The SMILES string of the molecule is COC(=O)c1cnc(Cc2cc(Cl)ccc2Cl)[nH]1. The summed E-state index contributed by atoms with van der Waals surface area (Å²) in [5.74, 6) is 0.172. The number of halogens is 2. The lowest BCUT2D eigenvalue weighted by Gasteiger charge is -2.02. The molecule has 0 bridgehead atoms. The number of H-pyrrole nitrogens is 1. The van der Waals surface area contributed by atoms with Gasteiger partial charge in [0.25, 0.3) is 0 Å². The minimum atomic E-state index is -0.453. The topological polar surface area (TPSA) is 55.0 Å². The summed E-state index contributed by atoms with van der Waals surface area (Å²) in [5, 5.41) is 1.21. The molecule has 0 amide bonds. The number of rotatable bonds is 3. The molecule has 0 aliphatic heterocycles. The molecule has 18 heavy (non-hydrogen) atoms. The first-order valence-electron chi connectivity index (χ1n) is 5.16. The van der Waals surface area contributed by atoms with Gasteiger partial charge in [0.2, 0.25) is 0 Å². The molecule has 0 aliphatic rings. The zero-order valence-corrected chi connectivity index (χ0v) is 11.0. The van der Waals surface area contributed by atoms with Crippen LogP contribution in [0.3, 0.4) is 0 Å². The minimum Gasteiger partial charge on any atom is -0.464 e. The first kappa shape index (κ1) is 12.9. The van der Waals surface area contributed by atoms with Gasteiger partial charge in [-0.15, -0.1) is 0 Å². The highest BCUT2D eigenvalue weighted by Crippen LogP contribution is 2.22. The number of aromatic amines is 1. The van der Waals surface area contributed by atoms with Crippen LogP contribution in [-0.4, -0.2) is 23.0 Å². The number of imidazole rings is 1. The van der Waals surface area contributed by atoms with E-state index in [1.807, 2.05) is 0 Å². The number of hydrogen-bond acceptors (Lipinski definition) is 3. The highest BCUT2D eigenvalue weighted by Gasteiger charge is 2.11. The van der Waals surface area contributed by atoms with Crippen molar-refractivity contribution in [2.45, 2.75) is 6.42 Å². The molecule has 4 nitrogen and oxygen atoms in total. The summed E-state index contributed by atoms with van der Waals surface area (Å²) >= 11 is 11.9. The molecule has 1 heterocycles. The molecule has 0 saturated heterocycles. The third-order valence-corrected chi connectivity index (χ3v) is 3.00. The Hall–Kier alpha value is -1.52. The smallest absolute Gasteiger partial charge is 0.356 e. The molecule has 0 atom stereocenters. The molecule has 6 heteroatoms. The van der Waals surface area contributed by atoms with E-state index in [1.54, 1.807) is 18.2 Å². The Morgan fingerprint density at radius 3 is 2.94 bits per heavy atom. The van der Waals surface area contributed by atoms with Gasteiger partial charge in [-0.3, -0.25) is 0 Å². The fourth-order valence-electron chi connectivity index (χ4n) is 1.53. The molecule has 2 rings (SSSR count). The number of ether oxygens (including phenoxy) is 1. The molecule has 1 aromatic carbocycles. The van der Waals surface area contributed by atoms with Crippen LogP contribution in [0.4, 0.5) is 0 Å². The number of esters is 1. The van der Waals surface area contributed by atoms with E-state index in [1.165, 1.54) is 13.3 Å². The number of methoxy groups -OCH3 is 1. The van der Waals surface area contributed by atoms with Gasteiger partial charge in [0.15, 0.2) is 0 Å². The molecular formula is C12H10Cl2N2O2. The van der Waals surface area contributed by atoms with Gasteiger partial charge in [0.1, 0.15) is 11.5 Å². The van der Waals surface area contributed by atoms with Crippen molar-refractivity contribution in [3.63, 3.8) is 0 Å². The molecule has 0 saturated carbocycles. The Bertz CT molecular complexity index is 581. The predicted molar refractivity (Wildman–Crippen MR) is 69.2 cm³/mol. The second kappa shape index (κ2) is 5.42. The number of aromatic nitrogens is 2. The van der Waals surface area contributed by atoms with E-state index in [4.69, 9.17) is 23.2 Å². The molecule has 0 fully saturated rings. The van der Waals surface area contributed by atoms with E-state index in [0.29, 0.717) is 28.0 Å². The Kier molecular flexibility index (Phi) is 3.89. The largest absolute Gasteiger partial charge is 0.464 e. The van der Waals surface area contributed by atoms with Gasteiger partial charge >= 0.3 is 5.97 Å². The number of hydrogen-bond donors (Lipinski definition) is 1. The van der Waals surface area contributed by atoms with Crippen LogP contribution in [-0.2, 0) is 11.2 Å². The van der Waals surface area contributed by atoms with Crippen molar-refractivity contribution in [1.82, 2.24) is 9.97 Å². The molecule has 1 aromatic heterocycles. The summed E-state index contributed by atoms with van der Waals surface area (Å²) in [6, 6.07) is 5.21. The number of nitrogens with zero attached hydrogens (tertiary/aromatic N) is 1. The summed E-state index contributed by atoms with van der Waals surface area (Å²) in [5.41, 5.74) is 1.15. The Morgan fingerprint density at radius 2 is 2.22 bits per heavy atom. The molecule has 1 N–H and O–H groups in total. The van der Waals surface area contributed by atoms with E-state index in [9.17, 15) is 4.79 Å². The highest BCUT2D eigenvalue weighted by molar-refractivity contribution is 6.33. The van der Waals surface area contributed by atoms with Crippen molar-refractivity contribution in [3.05, 3.63) is 51.5 Å². The van der Waals surface area contributed by atoms with Crippen molar-refractivity contribution in [3.8, 4) is 0 Å². The number of carbonyl (C=O) groups excluding carboxylic acids is 1. The van der Waals surface area contributed by atoms with Gasteiger partial charge in [-0.25, -0.2) is 9.78 Å². The zero-order valence-electron chi connectivity index (χ0n) is 9.54. The summed E-state index contributed by atoms with van der Waals surface area (Å²) in [6.45, 7) is 0. The number of nitrogens with one attached hydrogen (secondary N) is 1. The zero-order chi connectivity index (χ0) is 13.1. The summed E-state index contributed by atoms with van der Waals surface area (Å²) in [6.07, 6.45) is 1.90. The van der Waals surface area contributed by atoms with Crippen LogP contribution in [0.25, 0.3) is 0 Å². The van der Waals surface area contributed by atoms with Crippen molar-refractivity contribution < 1.29 is 9.53 Å². The predicted octanol–water partition coefficient (Wildman–Crippen LogP) is 3.09. The Balaban J connectivity index is 2.21. The lowest BCUT2D eigenvalue weighted by molar-refractivity contribution is 0.0594. The van der Waals surface area contributed by atoms with E-state index < -0.39 is 5.97 Å². The normalized spacial score (nSPS) is 10.4. The maximum Gasteiger partial charge on any atom is 0.356 e.